The standard InChI is InChI=1S/C13H15N3S/c1-8-9(2)17-13(15-8)16-11-4-3-10-5-6-14-12(10)7-11/h3-4,7,14H,5-6H2,1-2H3,(H,15,16). The molecule has 0 atom stereocenters. The molecule has 1 aromatic heterocycles. The van der Waals surface area contributed by atoms with Crippen LogP contribution < -0.4 is 10.6 Å². The summed E-state index contributed by atoms with van der Waals surface area (Å²) in [4.78, 5) is 5.76. The van der Waals surface area contributed by atoms with E-state index in [1.807, 2.05) is 6.92 Å². The molecule has 3 nitrogen and oxygen atoms in total. The van der Waals surface area contributed by atoms with Gasteiger partial charge in [-0.2, -0.15) is 0 Å². The van der Waals surface area contributed by atoms with Crippen molar-refractivity contribution in [1.29, 1.82) is 0 Å². The number of benzene rings is 1. The fourth-order valence-corrected chi connectivity index (χ4v) is 2.85. The topological polar surface area (TPSA) is 37.0 Å². The molecule has 4 heteroatoms. The van der Waals surface area contributed by atoms with Gasteiger partial charge in [0.05, 0.1) is 5.69 Å². The molecule has 0 bridgehead atoms. The second-order valence-corrected chi connectivity index (χ2v) is 5.54. The normalized spacial score (nSPS) is 13.3. The highest BCUT2D eigenvalue weighted by Gasteiger charge is 2.10. The Morgan fingerprint density at radius 3 is 3.00 bits per heavy atom. The van der Waals surface area contributed by atoms with Gasteiger partial charge in [-0.15, -0.1) is 11.3 Å². The third-order valence-electron chi connectivity index (χ3n) is 3.10. The third kappa shape index (κ3) is 2.00. The number of anilines is 3. The predicted molar refractivity (Wildman–Crippen MR) is 73.5 cm³/mol. The molecule has 0 fully saturated rings. The zero-order valence-corrected chi connectivity index (χ0v) is 10.8. The average molecular weight is 245 g/mol. The van der Waals surface area contributed by atoms with E-state index in [2.05, 4.69) is 40.7 Å². The Morgan fingerprint density at radius 1 is 1.35 bits per heavy atom. The highest BCUT2D eigenvalue weighted by atomic mass is 32.1. The smallest absolute Gasteiger partial charge is 0.187 e. The van der Waals surface area contributed by atoms with Gasteiger partial charge in [0.25, 0.3) is 0 Å². The number of thiazole rings is 1. The van der Waals surface area contributed by atoms with Crippen LogP contribution in [-0.4, -0.2) is 11.5 Å². The molecule has 1 aromatic carbocycles. The second-order valence-electron chi connectivity index (χ2n) is 4.33. The number of rotatable bonds is 2. The van der Waals surface area contributed by atoms with E-state index in [-0.39, 0.29) is 0 Å². The Labute approximate surface area is 105 Å². The number of aromatic nitrogens is 1. The van der Waals surface area contributed by atoms with Gasteiger partial charge in [0.15, 0.2) is 5.13 Å². The Balaban J connectivity index is 1.85. The van der Waals surface area contributed by atoms with Crippen LogP contribution >= 0.6 is 11.3 Å². The Hall–Kier alpha value is -1.55. The van der Waals surface area contributed by atoms with Gasteiger partial charge >= 0.3 is 0 Å². The van der Waals surface area contributed by atoms with Crippen LogP contribution in [-0.2, 0) is 6.42 Å². The lowest BCUT2D eigenvalue weighted by molar-refractivity contribution is 1.11. The van der Waals surface area contributed by atoms with Crippen molar-refractivity contribution in [3.05, 3.63) is 34.3 Å². The van der Waals surface area contributed by atoms with Crippen LogP contribution in [0.1, 0.15) is 16.1 Å². The summed E-state index contributed by atoms with van der Waals surface area (Å²) in [6.45, 7) is 5.19. The van der Waals surface area contributed by atoms with Gasteiger partial charge in [-0.25, -0.2) is 4.98 Å². The van der Waals surface area contributed by atoms with E-state index in [1.54, 1.807) is 11.3 Å². The van der Waals surface area contributed by atoms with Gasteiger partial charge in [0, 0.05) is 22.8 Å². The molecule has 0 spiro atoms. The molecule has 1 aliphatic rings. The van der Waals surface area contributed by atoms with Gasteiger partial charge in [-0.3, -0.25) is 0 Å². The first-order valence-corrected chi connectivity index (χ1v) is 6.62. The lowest BCUT2D eigenvalue weighted by Gasteiger charge is -2.05. The van der Waals surface area contributed by atoms with Gasteiger partial charge in [-0.05, 0) is 38.0 Å². The van der Waals surface area contributed by atoms with E-state index >= 15 is 0 Å². The zero-order chi connectivity index (χ0) is 11.8. The first-order chi connectivity index (χ1) is 8.22. The largest absolute Gasteiger partial charge is 0.384 e. The van der Waals surface area contributed by atoms with Crippen molar-refractivity contribution < 1.29 is 0 Å². The monoisotopic (exact) mass is 245 g/mol. The van der Waals surface area contributed by atoms with E-state index in [0.717, 1.165) is 29.5 Å². The maximum atomic E-state index is 4.49. The quantitative estimate of drug-likeness (QED) is 0.850. The maximum absolute atomic E-state index is 4.49. The van der Waals surface area contributed by atoms with Crippen molar-refractivity contribution in [2.45, 2.75) is 20.3 Å². The molecule has 2 heterocycles. The lowest BCUT2D eigenvalue weighted by atomic mass is 10.1. The molecule has 0 saturated carbocycles. The van der Waals surface area contributed by atoms with E-state index in [4.69, 9.17) is 0 Å². The van der Waals surface area contributed by atoms with Crippen LogP contribution in [0, 0.1) is 13.8 Å². The van der Waals surface area contributed by atoms with Crippen LogP contribution in [0.15, 0.2) is 18.2 Å². The van der Waals surface area contributed by atoms with E-state index in [0.29, 0.717) is 0 Å². The summed E-state index contributed by atoms with van der Waals surface area (Å²) in [5.41, 5.74) is 4.87. The summed E-state index contributed by atoms with van der Waals surface area (Å²) in [6, 6.07) is 6.47. The van der Waals surface area contributed by atoms with E-state index < -0.39 is 0 Å². The van der Waals surface area contributed by atoms with Crippen LogP contribution in [0.3, 0.4) is 0 Å². The van der Waals surface area contributed by atoms with Crippen molar-refractivity contribution in [3.8, 4) is 0 Å². The van der Waals surface area contributed by atoms with Crippen LogP contribution in [0.25, 0.3) is 0 Å². The number of nitrogens with zero attached hydrogens (tertiary/aromatic N) is 1. The predicted octanol–water partition coefficient (Wildman–Crippen LogP) is 3.47. The summed E-state index contributed by atoms with van der Waals surface area (Å²) in [7, 11) is 0. The maximum Gasteiger partial charge on any atom is 0.187 e. The SMILES string of the molecule is Cc1nc(Nc2ccc3c(c2)NCC3)sc1C. The summed E-state index contributed by atoms with van der Waals surface area (Å²) in [5.74, 6) is 0. The molecular weight excluding hydrogens is 230 g/mol. The molecule has 2 N–H and O–H groups in total. The molecule has 0 radical (unpaired) electrons. The summed E-state index contributed by atoms with van der Waals surface area (Å²) in [6.07, 6.45) is 1.13. The van der Waals surface area contributed by atoms with Gasteiger partial charge in [0.2, 0.25) is 0 Å². The van der Waals surface area contributed by atoms with Crippen molar-refractivity contribution >= 4 is 27.8 Å². The molecule has 0 saturated heterocycles. The second kappa shape index (κ2) is 4.04. The van der Waals surface area contributed by atoms with Crippen LogP contribution in [0.5, 0.6) is 0 Å². The minimum absolute atomic E-state index is 0.970. The Bertz CT molecular complexity index is 540. The van der Waals surface area contributed by atoms with Crippen molar-refractivity contribution in [3.63, 3.8) is 0 Å². The number of nitrogens with one attached hydrogen (secondary N) is 2. The highest BCUT2D eigenvalue weighted by molar-refractivity contribution is 7.15. The van der Waals surface area contributed by atoms with Crippen molar-refractivity contribution in [2.24, 2.45) is 0 Å². The number of hydrogen-bond acceptors (Lipinski definition) is 4. The van der Waals surface area contributed by atoms with Gasteiger partial charge in [-0.1, -0.05) is 6.07 Å². The zero-order valence-electron chi connectivity index (χ0n) is 10.0. The Kier molecular flexibility index (Phi) is 2.52. The van der Waals surface area contributed by atoms with Crippen molar-refractivity contribution in [2.75, 3.05) is 17.2 Å². The molecule has 0 amide bonds. The first kappa shape index (κ1) is 10.6. The summed E-state index contributed by atoms with van der Waals surface area (Å²) in [5, 5.41) is 7.72. The highest BCUT2D eigenvalue weighted by Crippen LogP contribution is 2.29. The molecule has 3 rings (SSSR count). The molecular formula is C13H15N3S. The van der Waals surface area contributed by atoms with E-state index in [1.165, 1.54) is 16.1 Å². The minimum Gasteiger partial charge on any atom is -0.384 e. The molecule has 0 aliphatic carbocycles. The fraction of sp³-hybridized carbons (Fsp3) is 0.308. The molecule has 0 unspecified atom stereocenters. The first-order valence-electron chi connectivity index (χ1n) is 5.80. The number of hydrogen-bond donors (Lipinski definition) is 2. The summed E-state index contributed by atoms with van der Waals surface area (Å²) < 4.78 is 0. The summed E-state index contributed by atoms with van der Waals surface area (Å²) >= 11 is 1.70. The minimum atomic E-state index is 0.970. The van der Waals surface area contributed by atoms with Crippen LogP contribution in [0.2, 0.25) is 0 Å². The molecule has 2 aromatic rings. The van der Waals surface area contributed by atoms with Gasteiger partial charge in [0.1, 0.15) is 0 Å². The number of fused-ring (bicyclic) bond motifs is 1. The third-order valence-corrected chi connectivity index (χ3v) is 4.09. The average Bonchev–Trinajstić information content (AvgIpc) is 2.86. The lowest BCUT2D eigenvalue weighted by Crippen LogP contribution is -1.93. The molecule has 88 valence electrons. The molecule has 1 aliphatic heterocycles. The number of aryl methyl sites for hydroxylation is 2. The van der Waals surface area contributed by atoms with Gasteiger partial charge < -0.3 is 10.6 Å². The molecule has 17 heavy (non-hydrogen) atoms. The Morgan fingerprint density at radius 2 is 2.24 bits per heavy atom. The fourth-order valence-electron chi connectivity index (χ4n) is 2.02. The van der Waals surface area contributed by atoms with Crippen molar-refractivity contribution in [1.82, 2.24) is 4.98 Å². The van der Waals surface area contributed by atoms with E-state index in [9.17, 15) is 0 Å². The van der Waals surface area contributed by atoms with Crippen LogP contribution in [0.4, 0.5) is 16.5 Å².